The Kier molecular flexibility index (Phi) is 6.82. The molecule has 9 nitrogen and oxygen atoms in total. The number of carbonyl (C=O) groups excluding carboxylic acids is 1. The van der Waals surface area contributed by atoms with Crippen LogP contribution in [0.1, 0.15) is 22.3 Å². The Morgan fingerprint density at radius 1 is 1.31 bits per heavy atom. The third kappa shape index (κ3) is 4.74. The van der Waals surface area contributed by atoms with E-state index in [1.54, 1.807) is 13.0 Å². The van der Waals surface area contributed by atoms with Crippen molar-refractivity contribution in [1.29, 1.82) is 0 Å². The van der Waals surface area contributed by atoms with Crippen molar-refractivity contribution < 1.29 is 32.2 Å². The first-order chi connectivity index (χ1) is 15.1. The molecule has 1 amide bonds. The Balaban J connectivity index is 2.20. The summed E-state index contributed by atoms with van der Waals surface area (Å²) in [6.45, 7) is 1.02. The number of nitrogens with one attached hydrogen (secondary N) is 1. The van der Waals surface area contributed by atoms with Crippen LogP contribution in [0.3, 0.4) is 0 Å². The normalized spacial score (nSPS) is 12.7. The van der Waals surface area contributed by atoms with Gasteiger partial charge in [-0.1, -0.05) is 0 Å². The van der Waals surface area contributed by atoms with Gasteiger partial charge in [-0.15, -0.1) is 0 Å². The van der Waals surface area contributed by atoms with Crippen molar-refractivity contribution in [3.05, 3.63) is 47.3 Å². The van der Waals surface area contributed by atoms with E-state index in [1.807, 2.05) is 0 Å². The van der Waals surface area contributed by atoms with E-state index in [4.69, 9.17) is 9.52 Å². The predicted octanol–water partition coefficient (Wildman–Crippen LogP) is 1.81. The topological polar surface area (TPSA) is 133 Å². The molecule has 0 aliphatic rings. The Labute approximate surface area is 184 Å². The van der Waals surface area contributed by atoms with Crippen molar-refractivity contribution in [1.82, 2.24) is 10.3 Å². The zero-order chi connectivity index (χ0) is 23.6. The fourth-order valence-electron chi connectivity index (χ4n) is 3.31. The molecule has 1 atom stereocenters. The Bertz CT molecular complexity index is 1240. The van der Waals surface area contributed by atoms with Crippen LogP contribution in [0.15, 0.2) is 34.7 Å². The number of sulfonamides is 1. The van der Waals surface area contributed by atoms with Crippen LogP contribution in [-0.2, 0) is 10.0 Å². The summed E-state index contributed by atoms with van der Waals surface area (Å²) in [7, 11) is -2.32. The molecule has 0 fully saturated rings. The molecule has 3 aromatic rings. The van der Waals surface area contributed by atoms with Gasteiger partial charge >= 0.3 is 0 Å². The number of furan rings is 1. The van der Waals surface area contributed by atoms with Crippen molar-refractivity contribution in [2.45, 2.75) is 19.4 Å². The zero-order valence-corrected chi connectivity index (χ0v) is 18.6. The largest absolute Gasteiger partial charge is 0.437 e. The number of nitrogens with zero attached hydrogens (tertiary/aromatic N) is 2. The minimum atomic E-state index is -3.78. The number of anilines is 1. The number of amides is 1. The van der Waals surface area contributed by atoms with Gasteiger partial charge in [0.2, 0.25) is 15.7 Å². The van der Waals surface area contributed by atoms with E-state index in [2.05, 4.69) is 10.3 Å². The summed E-state index contributed by atoms with van der Waals surface area (Å²) in [6, 6.07) is 6.99. The molecular formula is C21H24FN3O6S. The van der Waals surface area contributed by atoms with Crippen molar-refractivity contribution in [2.24, 2.45) is 0 Å². The van der Waals surface area contributed by atoms with E-state index < -0.39 is 34.5 Å². The van der Waals surface area contributed by atoms with E-state index in [0.29, 0.717) is 16.5 Å². The third-order valence-corrected chi connectivity index (χ3v) is 6.08. The average Bonchev–Trinajstić information content (AvgIpc) is 3.10. The van der Waals surface area contributed by atoms with E-state index in [1.165, 1.54) is 31.3 Å². The van der Waals surface area contributed by atoms with Gasteiger partial charge in [0.15, 0.2) is 0 Å². The van der Waals surface area contributed by atoms with Gasteiger partial charge in [0, 0.05) is 19.2 Å². The third-order valence-electron chi connectivity index (χ3n) is 4.92. The maximum absolute atomic E-state index is 13.4. The molecule has 3 rings (SSSR count). The number of carbonyl (C=O) groups is 1. The molecule has 0 saturated carbocycles. The van der Waals surface area contributed by atoms with Crippen LogP contribution in [-0.4, -0.2) is 62.1 Å². The lowest BCUT2D eigenvalue weighted by Crippen LogP contribution is -2.34. The Hall–Kier alpha value is -3.02. The van der Waals surface area contributed by atoms with Gasteiger partial charge in [-0.25, -0.2) is 12.8 Å². The maximum Gasteiger partial charge on any atom is 0.255 e. The van der Waals surface area contributed by atoms with Gasteiger partial charge in [-0.2, -0.15) is 4.98 Å². The highest BCUT2D eigenvalue weighted by Crippen LogP contribution is 2.36. The van der Waals surface area contributed by atoms with Crippen LogP contribution in [0.2, 0.25) is 0 Å². The highest BCUT2D eigenvalue weighted by molar-refractivity contribution is 7.92. The highest BCUT2D eigenvalue weighted by Gasteiger charge is 2.27. The predicted molar refractivity (Wildman–Crippen MR) is 117 cm³/mol. The summed E-state index contributed by atoms with van der Waals surface area (Å²) in [5.41, 5.74) is 1.13. The van der Waals surface area contributed by atoms with E-state index in [9.17, 15) is 22.7 Å². The molecule has 32 heavy (non-hydrogen) atoms. The fraction of sp³-hybridized carbons (Fsp3) is 0.333. The Morgan fingerprint density at radius 2 is 1.97 bits per heavy atom. The Morgan fingerprint density at radius 3 is 2.53 bits per heavy atom. The maximum atomic E-state index is 13.4. The minimum absolute atomic E-state index is 0.00873. The quantitative estimate of drug-likeness (QED) is 0.462. The number of pyridine rings is 1. The summed E-state index contributed by atoms with van der Waals surface area (Å²) in [6.07, 6.45) is -0.0894. The minimum Gasteiger partial charge on any atom is -0.437 e. The summed E-state index contributed by atoms with van der Waals surface area (Å²) in [5.74, 6) is -0.641. The summed E-state index contributed by atoms with van der Waals surface area (Å²) < 4.78 is 45.1. The zero-order valence-electron chi connectivity index (χ0n) is 17.8. The second kappa shape index (κ2) is 9.23. The van der Waals surface area contributed by atoms with Gasteiger partial charge in [0.05, 0.1) is 29.9 Å². The smallest absolute Gasteiger partial charge is 0.255 e. The lowest BCUT2D eigenvalue weighted by Gasteiger charge is -2.23. The lowest BCUT2D eigenvalue weighted by molar-refractivity contribution is 0.0904. The molecule has 172 valence electrons. The molecule has 0 saturated heterocycles. The standard InChI is InChI=1S/C21H24FN3O6S/c1-12-10-16-17(20(28)23-2)18(13-4-6-14(22)7-5-13)31-21(16)24-19(12)25(32(3,29)30)9-8-15(27)11-26/h4-7,10,15,26-27H,8-9,11H2,1-3H3,(H,23,28). The van der Waals surface area contributed by atoms with E-state index >= 15 is 0 Å². The van der Waals surface area contributed by atoms with Crippen LogP contribution in [0.25, 0.3) is 22.4 Å². The van der Waals surface area contributed by atoms with E-state index in [-0.39, 0.29) is 35.8 Å². The SMILES string of the molecule is CNC(=O)c1c(-c2ccc(F)cc2)oc2nc(N(CCC(O)CO)S(C)(=O)=O)c(C)cc12. The lowest BCUT2D eigenvalue weighted by atomic mass is 10.0. The van der Waals surface area contributed by atoms with Crippen LogP contribution in [0.4, 0.5) is 10.2 Å². The van der Waals surface area contributed by atoms with Crippen LogP contribution < -0.4 is 9.62 Å². The molecule has 0 aliphatic heterocycles. The number of hydrogen-bond acceptors (Lipinski definition) is 7. The van der Waals surface area contributed by atoms with Gasteiger partial charge in [-0.3, -0.25) is 9.10 Å². The number of aromatic nitrogens is 1. The van der Waals surface area contributed by atoms with Gasteiger partial charge < -0.3 is 19.9 Å². The highest BCUT2D eigenvalue weighted by atomic mass is 32.2. The molecule has 0 radical (unpaired) electrons. The molecule has 2 aromatic heterocycles. The molecule has 1 unspecified atom stereocenters. The van der Waals surface area contributed by atoms with Crippen molar-refractivity contribution >= 4 is 32.8 Å². The molecule has 0 spiro atoms. The molecule has 3 N–H and O–H groups in total. The average molecular weight is 466 g/mol. The first kappa shape index (κ1) is 23.6. The summed E-state index contributed by atoms with van der Waals surface area (Å²) in [5, 5.41) is 21.6. The first-order valence-corrected chi connectivity index (χ1v) is 11.6. The molecule has 11 heteroatoms. The molecule has 0 bridgehead atoms. The number of aliphatic hydroxyl groups excluding tert-OH is 2. The first-order valence-electron chi connectivity index (χ1n) is 9.75. The molecule has 0 aliphatic carbocycles. The van der Waals surface area contributed by atoms with Gasteiger partial charge in [-0.05, 0) is 49.2 Å². The fourth-order valence-corrected chi connectivity index (χ4v) is 4.24. The number of hydrogen-bond donors (Lipinski definition) is 3. The van der Waals surface area contributed by atoms with E-state index in [0.717, 1.165) is 10.6 Å². The van der Waals surface area contributed by atoms with Gasteiger partial charge in [0.25, 0.3) is 5.91 Å². The summed E-state index contributed by atoms with van der Waals surface area (Å²) in [4.78, 5) is 17.0. The van der Waals surface area contributed by atoms with Gasteiger partial charge in [0.1, 0.15) is 17.4 Å². The number of fused-ring (bicyclic) bond motifs is 1. The number of benzene rings is 1. The van der Waals surface area contributed by atoms with Crippen LogP contribution in [0, 0.1) is 12.7 Å². The molecule has 1 aromatic carbocycles. The second-order valence-electron chi connectivity index (χ2n) is 7.33. The monoisotopic (exact) mass is 465 g/mol. The number of halogens is 1. The van der Waals surface area contributed by atoms with Crippen molar-refractivity contribution in [3.8, 4) is 11.3 Å². The van der Waals surface area contributed by atoms with Crippen molar-refractivity contribution in [3.63, 3.8) is 0 Å². The number of rotatable bonds is 8. The molecule has 2 heterocycles. The van der Waals surface area contributed by atoms with Crippen LogP contribution in [0.5, 0.6) is 0 Å². The van der Waals surface area contributed by atoms with Crippen LogP contribution >= 0.6 is 0 Å². The number of aryl methyl sites for hydroxylation is 1. The molecular weight excluding hydrogens is 441 g/mol. The number of aliphatic hydroxyl groups is 2. The van der Waals surface area contributed by atoms with Crippen molar-refractivity contribution in [2.75, 3.05) is 30.8 Å². The second-order valence-corrected chi connectivity index (χ2v) is 9.24. The summed E-state index contributed by atoms with van der Waals surface area (Å²) >= 11 is 0.